The molecule has 2 atom stereocenters. The largest absolute Gasteiger partial charge is 0.479 e. The Morgan fingerprint density at radius 1 is 1.50 bits per heavy atom. The van der Waals surface area contributed by atoms with Crippen molar-refractivity contribution in [2.24, 2.45) is 5.41 Å². The van der Waals surface area contributed by atoms with E-state index in [1.807, 2.05) is 6.92 Å². The highest BCUT2D eigenvalue weighted by Gasteiger charge is 2.66. The summed E-state index contributed by atoms with van der Waals surface area (Å²) in [5.41, 5.74) is -2.23. The number of nitrogens with one attached hydrogen (secondary N) is 1. The molecule has 0 bridgehead atoms. The van der Waals surface area contributed by atoms with Crippen LogP contribution in [0.5, 0.6) is 0 Å². The van der Waals surface area contributed by atoms with E-state index in [2.05, 4.69) is 10.3 Å². The number of carboxylic acid groups (broad SMARTS) is 1. The Bertz CT molecular complexity index is 588. The van der Waals surface area contributed by atoms with Gasteiger partial charge in [0.25, 0.3) is 5.91 Å². The zero-order valence-electron chi connectivity index (χ0n) is 12.7. The van der Waals surface area contributed by atoms with Crippen molar-refractivity contribution in [1.82, 2.24) is 10.3 Å². The van der Waals surface area contributed by atoms with Gasteiger partial charge in [0.05, 0.1) is 12.3 Å². The summed E-state index contributed by atoms with van der Waals surface area (Å²) in [6.07, 6.45) is 0.836. The number of halogens is 1. The SMILES string of the molecule is CCO[C@H]1C[C@](NC(=O)c2ccc(F)cn2)(C(=O)O)C1(C)C. The van der Waals surface area contributed by atoms with Crippen molar-refractivity contribution < 1.29 is 23.8 Å². The van der Waals surface area contributed by atoms with Gasteiger partial charge < -0.3 is 15.2 Å². The lowest BCUT2D eigenvalue weighted by Crippen LogP contribution is -2.76. The van der Waals surface area contributed by atoms with Gasteiger partial charge in [0.1, 0.15) is 17.1 Å². The molecule has 22 heavy (non-hydrogen) atoms. The molecule has 1 heterocycles. The van der Waals surface area contributed by atoms with Crippen LogP contribution >= 0.6 is 0 Å². The number of ether oxygens (including phenoxy) is 1. The average Bonchev–Trinajstić information content (AvgIpc) is 2.46. The summed E-state index contributed by atoms with van der Waals surface area (Å²) in [5.74, 6) is -2.33. The number of rotatable bonds is 5. The van der Waals surface area contributed by atoms with Crippen LogP contribution in [0.4, 0.5) is 4.39 Å². The first-order valence-corrected chi connectivity index (χ1v) is 7.03. The summed E-state index contributed by atoms with van der Waals surface area (Å²) in [5, 5.41) is 12.1. The van der Waals surface area contributed by atoms with Crippen LogP contribution in [-0.2, 0) is 9.53 Å². The van der Waals surface area contributed by atoms with Gasteiger partial charge in [-0.25, -0.2) is 14.2 Å². The van der Waals surface area contributed by atoms with E-state index in [1.54, 1.807) is 13.8 Å². The molecule has 2 rings (SSSR count). The zero-order chi connectivity index (χ0) is 16.5. The summed E-state index contributed by atoms with van der Waals surface area (Å²) in [7, 11) is 0. The maximum atomic E-state index is 12.8. The fraction of sp³-hybridized carbons (Fsp3) is 0.533. The predicted molar refractivity (Wildman–Crippen MR) is 75.8 cm³/mol. The first kappa shape index (κ1) is 16.4. The number of nitrogens with zero attached hydrogens (tertiary/aromatic N) is 1. The number of carbonyl (C=O) groups is 2. The minimum absolute atomic E-state index is 0.0299. The van der Waals surface area contributed by atoms with Crippen LogP contribution < -0.4 is 5.32 Å². The van der Waals surface area contributed by atoms with Gasteiger partial charge in [-0.2, -0.15) is 0 Å². The fourth-order valence-corrected chi connectivity index (χ4v) is 2.80. The Labute approximate surface area is 127 Å². The zero-order valence-corrected chi connectivity index (χ0v) is 12.7. The molecule has 7 heteroatoms. The second-order valence-corrected chi connectivity index (χ2v) is 5.90. The average molecular weight is 310 g/mol. The van der Waals surface area contributed by atoms with E-state index in [0.29, 0.717) is 6.61 Å². The van der Waals surface area contributed by atoms with Crippen LogP contribution in [-0.4, -0.2) is 40.2 Å². The molecular formula is C15H19FN2O4. The molecule has 0 aromatic carbocycles. The minimum Gasteiger partial charge on any atom is -0.479 e. The highest BCUT2D eigenvalue weighted by molar-refractivity contribution is 5.97. The van der Waals surface area contributed by atoms with Crippen molar-refractivity contribution in [2.45, 2.75) is 38.8 Å². The summed E-state index contributed by atoms with van der Waals surface area (Å²) < 4.78 is 18.4. The van der Waals surface area contributed by atoms with Crippen molar-refractivity contribution in [1.29, 1.82) is 0 Å². The summed E-state index contributed by atoms with van der Waals surface area (Å²) in [6.45, 7) is 5.78. The van der Waals surface area contributed by atoms with E-state index in [-0.39, 0.29) is 18.2 Å². The highest BCUT2D eigenvalue weighted by Crippen LogP contribution is 2.51. The van der Waals surface area contributed by atoms with E-state index in [1.165, 1.54) is 6.07 Å². The van der Waals surface area contributed by atoms with Crippen LogP contribution in [0.25, 0.3) is 0 Å². The normalized spacial score (nSPS) is 26.1. The molecule has 2 N–H and O–H groups in total. The number of pyridine rings is 1. The van der Waals surface area contributed by atoms with Crippen LogP contribution in [0, 0.1) is 11.2 Å². The summed E-state index contributed by atoms with van der Waals surface area (Å²) >= 11 is 0. The molecule has 120 valence electrons. The molecule has 1 saturated carbocycles. The number of carboxylic acids is 1. The fourth-order valence-electron chi connectivity index (χ4n) is 2.80. The number of amides is 1. The highest BCUT2D eigenvalue weighted by atomic mass is 19.1. The van der Waals surface area contributed by atoms with Gasteiger partial charge in [-0.05, 0) is 19.1 Å². The van der Waals surface area contributed by atoms with Crippen LogP contribution in [0.2, 0.25) is 0 Å². The maximum Gasteiger partial charge on any atom is 0.330 e. The predicted octanol–water partition coefficient (Wildman–Crippen LogP) is 1.61. The van der Waals surface area contributed by atoms with Crippen molar-refractivity contribution in [3.63, 3.8) is 0 Å². The molecule has 0 aliphatic heterocycles. The molecule has 1 aromatic rings. The van der Waals surface area contributed by atoms with Crippen LogP contribution in [0.3, 0.4) is 0 Å². The van der Waals surface area contributed by atoms with Gasteiger partial charge in [-0.3, -0.25) is 4.79 Å². The second kappa shape index (κ2) is 5.64. The maximum absolute atomic E-state index is 12.8. The van der Waals surface area contributed by atoms with Gasteiger partial charge in [0, 0.05) is 18.4 Å². The number of aromatic nitrogens is 1. The molecule has 1 aliphatic carbocycles. The van der Waals surface area contributed by atoms with Crippen LogP contribution in [0.15, 0.2) is 18.3 Å². The van der Waals surface area contributed by atoms with Gasteiger partial charge in [-0.1, -0.05) is 13.8 Å². The van der Waals surface area contributed by atoms with Gasteiger partial charge >= 0.3 is 5.97 Å². The minimum atomic E-state index is -1.43. The van der Waals surface area contributed by atoms with Gasteiger partial charge in [0.2, 0.25) is 0 Å². The quantitative estimate of drug-likeness (QED) is 0.862. The van der Waals surface area contributed by atoms with E-state index >= 15 is 0 Å². The first-order chi connectivity index (χ1) is 10.2. The Kier molecular flexibility index (Phi) is 4.19. The van der Waals surface area contributed by atoms with E-state index in [4.69, 9.17) is 4.74 Å². The van der Waals surface area contributed by atoms with E-state index in [0.717, 1.165) is 12.3 Å². The molecular weight excluding hydrogens is 291 g/mol. The van der Waals surface area contributed by atoms with Crippen molar-refractivity contribution >= 4 is 11.9 Å². The van der Waals surface area contributed by atoms with Crippen molar-refractivity contribution in [3.8, 4) is 0 Å². The third kappa shape index (κ3) is 2.45. The molecule has 0 spiro atoms. The van der Waals surface area contributed by atoms with Crippen molar-refractivity contribution in [3.05, 3.63) is 29.8 Å². The molecule has 0 radical (unpaired) electrons. The second-order valence-electron chi connectivity index (χ2n) is 5.90. The van der Waals surface area contributed by atoms with Crippen LogP contribution in [0.1, 0.15) is 37.7 Å². The molecule has 6 nitrogen and oxygen atoms in total. The Balaban J connectivity index is 2.22. The number of hydrogen-bond donors (Lipinski definition) is 2. The molecule has 1 amide bonds. The Morgan fingerprint density at radius 3 is 2.64 bits per heavy atom. The lowest BCUT2D eigenvalue weighted by Gasteiger charge is -2.58. The third-order valence-electron chi connectivity index (χ3n) is 4.42. The topological polar surface area (TPSA) is 88.5 Å². The number of hydrogen-bond acceptors (Lipinski definition) is 4. The summed E-state index contributed by atoms with van der Waals surface area (Å²) in [4.78, 5) is 27.6. The Morgan fingerprint density at radius 2 is 2.18 bits per heavy atom. The first-order valence-electron chi connectivity index (χ1n) is 7.03. The van der Waals surface area contributed by atoms with Gasteiger partial charge in [-0.15, -0.1) is 0 Å². The number of aliphatic carboxylic acids is 1. The molecule has 1 fully saturated rings. The molecule has 0 unspecified atom stereocenters. The smallest absolute Gasteiger partial charge is 0.330 e. The monoisotopic (exact) mass is 310 g/mol. The Hall–Kier alpha value is -2.02. The van der Waals surface area contributed by atoms with Crippen molar-refractivity contribution in [2.75, 3.05) is 6.61 Å². The molecule has 0 saturated heterocycles. The lowest BCUT2D eigenvalue weighted by molar-refractivity contribution is -0.190. The van der Waals surface area contributed by atoms with Gasteiger partial charge in [0.15, 0.2) is 0 Å². The summed E-state index contributed by atoms with van der Waals surface area (Å²) in [6, 6.07) is 2.32. The van der Waals surface area contributed by atoms with E-state index in [9.17, 15) is 19.1 Å². The number of carbonyl (C=O) groups excluding carboxylic acids is 1. The van der Waals surface area contributed by atoms with E-state index < -0.39 is 28.6 Å². The third-order valence-corrected chi connectivity index (χ3v) is 4.42. The standard InChI is InChI=1S/C15H19FN2O4/c1-4-22-11-7-15(13(20)21,14(11,2)3)18-12(19)10-6-5-9(16)8-17-10/h5-6,8,11H,4,7H2,1-3H3,(H,18,19)(H,20,21)/t11-,15-/m0/s1. The molecule has 1 aliphatic rings. The lowest BCUT2D eigenvalue weighted by atomic mass is 9.54. The molecule has 1 aromatic heterocycles.